The van der Waals surface area contributed by atoms with Crippen LogP contribution < -0.4 is 11.1 Å². The van der Waals surface area contributed by atoms with Crippen LogP contribution >= 0.6 is 11.6 Å². The Labute approximate surface area is 108 Å². The van der Waals surface area contributed by atoms with Gasteiger partial charge in [-0.05, 0) is 12.1 Å². The Kier molecular flexibility index (Phi) is 3.08. The average molecular weight is 266 g/mol. The molecule has 0 bridgehead atoms. The van der Waals surface area contributed by atoms with Crippen molar-refractivity contribution in [1.82, 2.24) is 9.78 Å². The summed E-state index contributed by atoms with van der Waals surface area (Å²) in [7, 11) is 1.59. The van der Waals surface area contributed by atoms with Crippen molar-refractivity contribution in [3.05, 3.63) is 34.6 Å². The number of nitrogens with one attached hydrogen (secondary N) is 1. The maximum absolute atomic E-state index is 13.8. The second kappa shape index (κ2) is 4.55. The zero-order chi connectivity index (χ0) is 13.3. The van der Waals surface area contributed by atoms with Crippen LogP contribution in [-0.2, 0) is 0 Å². The molecule has 0 amide bonds. The summed E-state index contributed by atoms with van der Waals surface area (Å²) in [5, 5.41) is 15.9. The quantitative estimate of drug-likeness (QED) is 0.872. The van der Waals surface area contributed by atoms with E-state index in [9.17, 15) is 4.39 Å². The number of hydrogen-bond acceptors (Lipinski definition) is 4. The summed E-state index contributed by atoms with van der Waals surface area (Å²) in [6.45, 7) is 0. The summed E-state index contributed by atoms with van der Waals surface area (Å²) in [6.07, 6.45) is 0. The minimum absolute atomic E-state index is 0.0228. The Morgan fingerprint density at radius 2 is 2.28 bits per heavy atom. The fourth-order valence-corrected chi connectivity index (χ4v) is 1.82. The monoisotopic (exact) mass is 265 g/mol. The number of halogens is 2. The molecule has 1 aromatic heterocycles. The summed E-state index contributed by atoms with van der Waals surface area (Å²) < 4.78 is 14.9. The number of nitrogens with zero attached hydrogens (tertiary/aromatic N) is 3. The lowest BCUT2D eigenvalue weighted by molar-refractivity contribution is 0.612. The Balaban J connectivity index is 2.73. The molecule has 3 N–H and O–H groups in total. The van der Waals surface area contributed by atoms with Crippen LogP contribution in [0.3, 0.4) is 0 Å². The summed E-state index contributed by atoms with van der Waals surface area (Å²) >= 11 is 5.92. The first-order chi connectivity index (χ1) is 8.60. The second-order valence-corrected chi connectivity index (χ2v) is 3.86. The van der Waals surface area contributed by atoms with Crippen LogP contribution in [0.25, 0.3) is 5.69 Å². The van der Waals surface area contributed by atoms with Gasteiger partial charge in [-0.1, -0.05) is 17.7 Å². The van der Waals surface area contributed by atoms with Gasteiger partial charge in [0.1, 0.15) is 29.0 Å². The van der Waals surface area contributed by atoms with Gasteiger partial charge in [0, 0.05) is 7.05 Å². The molecule has 2 aromatic rings. The second-order valence-electron chi connectivity index (χ2n) is 3.45. The van der Waals surface area contributed by atoms with Gasteiger partial charge in [0.05, 0.1) is 5.02 Å². The van der Waals surface area contributed by atoms with Crippen molar-refractivity contribution < 1.29 is 4.39 Å². The molecule has 5 nitrogen and oxygen atoms in total. The third kappa shape index (κ3) is 1.75. The van der Waals surface area contributed by atoms with Crippen LogP contribution in [0.15, 0.2) is 18.2 Å². The molecule has 0 atom stereocenters. The third-order valence-corrected chi connectivity index (χ3v) is 2.72. The first kappa shape index (κ1) is 12.2. The van der Waals surface area contributed by atoms with Crippen molar-refractivity contribution in [2.24, 2.45) is 0 Å². The minimum atomic E-state index is -0.566. The molecule has 0 unspecified atom stereocenters. The van der Waals surface area contributed by atoms with Crippen molar-refractivity contribution in [3.63, 3.8) is 0 Å². The predicted molar refractivity (Wildman–Crippen MR) is 67.2 cm³/mol. The molecule has 0 fully saturated rings. The van der Waals surface area contributed by atoms with E-state index in [4.69, 9.17) is 22.6 Å². The van der Waals surface area contributed by atoms with Crippen LogP contribution in [0.5, 0.6) is 0 Å². The van der Waals surface area contributed by atoms with Crippen molar-refractivity contribution in [2.75, 3.05) is 18.1 Å². The van der Waals surface area contributed by atoms with Gasteiger partial charge in [0.15, 0.2) is 5.82 Å². The van der Waals surface area contributed by atoms with Gasteiger partial charge in [-0.15, -0.1) is 5.10 Å². The van der Waals surface area contributed by atoms with E-state index in [0.717, 1.165) is 4.68 Å². The van der Waals surface area contributed by atoms with Crippen LogP contribution in [-0.4, -0.2) is 16.8 Å². The highest BCUT2D eigenvalue weighted by atomic mass is 35.5. The summed E-state index contributed by atoms with van der Waals surface area (Å²) in [5.74, 6) is -0.257. The lowest BCUT2D eigenvalue weighted by Gasteiger charge is -2.07. The van der Waals surface area contributed by atoms with Gasteiger partial charge in [-0.2, -0.15) is 5.26 Å². The number of hydrogen-bond donors (Lipinski definition) is 2. The van der Waals surface area contributed by atoms with E-state index in [-0.39, 0.29) is 27.9 Å². The molecular formula is C11H9ClFN5. The highest BCUT2D eigenvalue weighted by molar-refractivity contribution is 6.32. The lowest BCUT2D eigenvalue weighted by atomic mass is 10.3. The fourth-order valence-electron chi connectivity index (χ4n) is 1.58. The highest BCUT2D eigenvalue weighted by Crippen LogP contribution is 2.29. The summed E-state index contributed by atoms with van der Waals surface area (Å²) in [5.41, 5.74) is 5.95. The normalized spacial score (nSPS) is 10.1. The maximum atomic E-state index is 13.8. The first-order valence-corrected chi connectivity index (χ1v) is 5.38. The number of para-hydroxylation sites is 1. The molecule has 0 aliphatic heterocycles. The molecule has 2 rings (SSSR count). The number of nitriles is 1. The molecule has 1 aromatic carbocycles. The van der Waals surface area contributed by atoms with Gasteiger partial charge in [0.25, 0.3) is 0 Å². The Morgan fingerprint density at radius 1 is 1.56 bits per heavy atom. The van der Waals surface area contributed by atoms with E-state index in [1.165, 1.54) is 18.2 Å². The SMILES string of the molecule is CNc1nn(-c2c(F)cccc2Cl)c(N)c1C#N. The molecule has 0 radical (unpaired) electrons. The average Bonchev–Trinajstić information content (AvgIpc) is 2.66. The predicted octanol–water partition coefficient (Wildman–Crippen LogP) is 2.16. The van der Waals surface area contributed by atoms with Crippen LogP contribution in [0.4, 0.5) is 16.0 Å². The lowest BCUT2D eigenvalue weighted by Crippen LogP contribution is -2.05. The van der Waals surface area contributed by atoms with E-state index >= 15 is 0 Å². The number of nitrogen functional groups attached to an aromatic ring is 1. The molecule has 0 saturated heterocycles. The van der Waals surface area contributed by atoms with Crippen molar-refractivity contribution >= 4 is 23.2 Å². The maximum Gasteiger partial charge on any atom is 0.168 e. The Bertz CT molecular complexity index is 623. The van der Waals surface area contributed by atoms with Gasteiger partial charge in [-0.25, -0.2) is 9.07 Å². The number of rotatable bonds is 2. The van der Waals surface area contributed by atoms with Crippen molar-refractivity contribution in [1.29, 1.82) is 5.26 Å². The number of nitrogens with two attached hydrogens (primary N) is 1. The van der Waals surface area contributed by atoms with Crippen LogP contribution in [0, 0.1) is 17.1 Å². The fraction of sp³-hybridized carbons (Fsp3) is 0.0909. The van der Waals surface area contributed by atoms with Gasteiger partial charge >= 0.3 is 0 Å². The first-order valence-electron chi connectivity index (χ1n) is 5.01. The molecule has 0 aliphatic carbocycles. The van der Waals surface area contributed by atoms with E-state index in [1.807, 2.05) is 6.07 Å². The smallest absolute Gasteiger partial charge is 0.168 e. The standard InChI is InChI=1S/C11H9ClFN5/c1-16-11-6(5-14)10(15)18(17-11)9-7(12)3-2-4-8(9)13/h2-4H,15H2,1H3,(H,16,17). The van der Waals surface area contributed by atoms with Gasteiger partial charge < -0.3 is 11.1 Å². The molecule has 0 spiro atoms. The summed E-state index contributed by atoms with van der Waals surface area (Å²) in [4.78, 5) is 0. The Hall–Kier alpha value is -2.26. The largest absolute Gasteiger partial charge is 0.382 e. The molecule has 0 saturated carbocycles. The van der Waals surface area contributed by atoms with Gasteiger partial charge in [0.2, 0.25) is 0 Å². The number of benzene rings is 1. The van der Waals surface area contributed by atoms with Crippen LogP contribution in [0.1, 0.15) is 5.56 Å². The third-order valence-electron chi connectivity index (χ3n) is 2.42. The zero-order valence-corrected chi connectivity index (χ0v) is 10.2. The molecular weight excluding hydrogens is 257 g/mol. The highest BCUT2D eigenvalue weighted by Gasteiger charge is 2.19. The van der Waals surface area contributed by atoms with E-state index in [2.05, 4.69) is 10.4 Å². The molecule has 92 valence electrons. The molecule has 18 heavy (non-hydrogen) atoms. The van der Waals surface area contributed by atoms with Crippen LogP contribution in [0.2, 0.25) is 5.02 Å². The molecule has 7 heteroatoms. The number of anilines is 2. The van der Waals surface area contributed by atoms with E-state index in [1.54, 1.807) is 7.05 Å². The van der Waals surface area contributed by atoms with Gasteiger partial charge in [-0.3, -0.25) is 0 Å². The Morgan fingerprint density at radius 3 is 2.78 bits per heavy atom. The molecule has 0 aliphatic rings. The number of aromatic nitrogens is 2. The zero-order valence-electron chi connectivity index (χ0n) is 9.41. The topological polar surface area (TPSA) is 79.7 Å². The van der Waals surface area contributed by atoms with Crippen molar-refractivity contribution in [2.45, 2.75) is 0 Å². The van der Waals surface area contributed by atoms with E-state index in [0.29, 0.717) is 0 Å². The minimum Gasteiger partial charge on any atom is -0.382 e. The summed E-state index contributed by atoms with van der Waals surface area (Å²) in [6, 6.07) is 6.15. The molecule has 1 heterocycles. The van der Waals surface area contributed by atoms with E-state index < -0.39 is 5.82 Å². The van der Waals surface area contributed by atoms with Crippen molar-refractivity contribution in [3.8, 4) is 11.8 Å².